The van der Waals surface area contributed by atoms with Crippen LogP contribution in [0.15, 0.2) is 12.3 Å². The van der Waals surface area contributed by atoms with Crippen molar-refractivity contribution in [2.24, 2.45) is 0 Å². The summed E-state index contributed by atoms with van der Waals surface area (Å²) in [6.45, 7) is 4.93. The van der Waals surface area contributed by atoms with Crippen LogP contribution in [0.3, 0.4) is 0 Å². The molecule has 0 bridgehead atoms. The number of carbonyl (C=O) groups excluding carboxylic acids is 1. The number of aryl methyl sites for hydroxylation is 1. The second-order valence-corrected chi connectivity index (χ2v) is 5.61. The molecule has 1 saturated carbocycles. The second kappa shape index (κ2) is 7.27. The molecule has 0 aromatic carbocycles. The Morgan fingerprint density at radius 2 is 2.10 bits per heavy atom. The van der Waals surface area contributed by atoms with E-state index in [2.05, 4.69) is 22.5 Å². The van der Waals surface area contributed by atoms with E-state index < -0.39 is 0 Å². The maximum absolute atomic E-state index is 12.4. The molecule has 2 N–H and O–H groups in total. The molecule has 4 heteroatoms. The van der Waals surface area contributed by atoms with Gasteiger partial charge >= 0.3 is 0 Å². The van der Waals surface area contributed by atoms with Crippen LogP contribution in [0.4, 0.5) is 5.69 Å². The van der Waals surface area contributed by atoms with Gasteiger partial charge in [-0.15, -0.1) is 0 Å². The Morgan fingerprint density at radius 3 is 2.80 bits per heavy atom. The number of carbonyl (C=O) groups is 1. The number of hydrogen-bond acceptors (Lipinski definition) is 3. The molecule has 1 amide bonds. The van der Waals surface area contributed by atoms with Crippen molar-refractivity contribution in [3.05, 3.63) is 23.5 Å². The van der Waals surface area contributed by atoms with Gasteiger partial charge in [-0.2, -0.15) is 0 Å². The maximum Gasteiger partial charge on any atom is 0.255 e. The molecule has 0 aliphatic heterocycles. The van der Waals surface area contributed by atoms with E-state index >= 15 is 0 Å². The van der Waals surface area contributed by atoms with Gasteiger partial charge in [-0.25, -0.2) is 0 Å². The fourth-order valence-corrected chi connectivity index (χ4v) is 2.66. The van der Waals surface area contributed by atoms with E-state index in [1.165, 1.54) is 19.3 Å². The minimum absolute atomic E-state index is 0.00278. The highest BCUT2D eigenvalue weighted by molar-refractivity contribution is 5.99. The van der Waals surface area contributed by atoms with Crippen molar-refractivity contribution in [3.8, 4) is 0 Å². The molecule has 1 aromatic heterocycles. The molecule has 1 aliphatic carbocycles. The Balaban J connectivity index is 2.07. The average molecular weight is 275 g/mol. The summed E-state index contributed by atoms with van der Waals surface area (Å²) < 4.78 is 0. The Labute approximate surface area is 121 Å². The van der Waals surface area contributed by atoms with Crippen LogP contribution in [0.2, 0.25) is 0 Å². The maximum atomic E-state index is 12.4. The molecule has 20 heavy (non-hydrogen) atoms. The first-order valence-corrected chi connectivity index (χ1v) is 7.72. The van der Waals surface area contributed by atoms with Crippen LogP contribution < -0.4 is 10.6 Å². The summed E-state index contributed by atoms with van der Waals surface area (Å²) in [5, 5.41) is 6.47. The van der Waals surface area contributed by atoms with Gasteiger partial charge < -0.3 is 10.6 Å². The first-order valence-electron chi connectivity index (χ1n) is 7.72. The van der Waals surface area contributed by atoms with Crippen molar-refractivity contribution in [2.45, 2.75) is 58.4 Å². The summed E-state index contributed by atoms with van der Waals surface area (Å²) in [5.74, 6) is 0.00278. The predicted molar refractivity (Wildman–Crippen MR) is 82.1 cm³/mol. The van der Waals surface area contributed by atoms with Crippen molar-refractivity contribution in [1.29, 1.82) is 0 Å². The van der Waals surface area contributed by atoms with Gasteiger partial charge in [-0.3, -0.25) is 9.78 Å². The molecule has 1 heterocycles. The predicted octanol–water partition coefficient (Wildman–Crippen LogP) is 3.27. The number of hydrogen-bond donors (Lipinski definition) is 2. The lowest BCUT2D eigenvalue weighted by atomic mass is 9.95. The summed E-state index contributed by atoms with van der Waals surface area (Å²) in [5.41, 5.74) is 2.49. The van der Waals surface area contributed by atoms with Gasteiger partial charge in [0, 0.05) is 24.5 Å². The van der Waals surface area contributed by atoms with E-state index in [4.69, 9.17) is 0 Å². The molecule has 0 unspecified atom stereocenters. The smallest absolute Gasteiger partial charge is 0.255 e. The summed E-state index contributed by atoms with van der Waals surface area (Å²) in [6.07, 6.45) is 8.65. The van der Waals surface area contributed by atoms with E-state index in [1.54, 1.807) is 6.20 Å². The Hall–Kier alpha value is -1.58. The van der Waals surface area contributed by atoms with Gasteiger partial charge in [0.2, 0.25) is 0 Å². The third-order valence-electron chi connectivity index (χ3n) is 3.79. The zero-order valence-electron chi connectivity index (χ0n) is 12.5. The van der Waals surface area contributed by atoms with Crippen LogP contribution in [-0.2, 0) is 0 Å². The van der Waals surface area contributed by atoms with E-state index in [9.17, 15) is 4.79 Å². The number of rotatable bonds is 5. The van der Waals surface area contributed by atoms with Crippen molar-refractivity contribution < 1.29 is 4.79 Å². The van der Waals surface area contributed by atoms with E-state index in [1.807, 2.05) is 13.0 Å². The largest absolute Gasteiger partial charge is 0.384 e. The van der Waals surface area contributed by atoms with Crippen LogP contribution in [0.5, 0.6) is 0 Å². The highest BCUT2D eigenvalue weighted by Gasteiger charge is 2.18. The molecule has 0 saturated heterocycles. The number of aromatic nitrogens is 1. The van der Waals surface area contributed by atoms with Crippen molar-refractivity contribution in [1.82, 2.24) is 10.3 Å². The summed E-state index contributed by atoms with van der Waals surface area (Å²) in [7, 11) is 0. The third kappa shape index (κ3) is 3.95. The minimum atomic E-state index is 0.00278. The molecule has 0 atom stereocenters. The van der Waals surface area contributed by atoms with Gasteiger partial charge in [0.25, 0.3) is 5.91 Å². The highest BCUT2D eigenvalue weighted by atomic mass is 16.1. The normalized spacial score (nSPS) is 15.9. The monoisotopic (exact) mass is 275 g/mol. The molecule has 0 radical (unpaired) electrons. The number of nitrogens with one attached hydrogen (secondary N) is 2. The van der Waals surface area contributed by atoms with Crippen LogP contribution in [-0.4, -0.2) is 23.5 Å². The summed E-state index contributed by atoms with van der Waals surface area (Å²) >= 11 is 0. The number of anilines is 1. The lowest BCUT2D eigenvalue weighted by Gasteiger charge is -2.23. The van der Waals surface area contributed by atoms with Crippen LogP contribution in [0.1, 0.15) is 61.5 Å². The Kier molecular flexibility index (Phi) is 5.39. The molecule has 2 rings (SSSR count). The van der Waals surface area contributed by atoms with Gasteiger partial charge in [0.1, 0.15) is 0 Å². The molecule has 0 spiro atoms. The van der Waals surface area contributed by atoms with E-state index in [0.717, 1.165) is 37.2 Å². The van der Waals surface area contributed by atoms with Crippen molar-refractivity contribution in [3.63, 3.8) is 0 Å². The molecule has 1 aliphatic rings. The minimum Gasteiger partial charge on any atom is -0.384 e. The lowest BCUT2D eigenvalue weighted by molar-refractivity contribution is 0.0928. The van der Waals surface area contributed by atoms with E-state index in [-0.39, 0.29) is 5.91 Å². The van der Waals surface area contributed by atoms with Crippen molar-refractivity contribution in [2.75, 3.05) is 11.9 Å². The number of pyridine rings is 1. The van der Waals surface area contributed by atoms with Gasteiger partial charge in [-0.05, 0) is 32.3 Å². The molecule has 1 fully saturated rings. The van der Waals surface area contributed by atoms with Crippen LogP contribution in [0, 0.1) is 6.92 Å². The van der Waals surface area contributed by atoms with Gasteiger partial charge in [0.05, 0.1) is 11.3 Å². The SMILES string of the molecule is CCCNc1cc(C)ncc1C(=O)NC1CCCCC1. The fourth-order valence-electron chi connectivity index (χ4n) is 2.66. The van der Waals surface area contributed by atoms with E-state index in [0.29, 0.717) is 11.6 Å². The van der Waals surface area contributed by atoms with Gasteiger partial charge in [-0.1, -0.05) is 26.2 Å². The topological polar surface area (TPSA) is 54.0 Å². The fraction of sp³-hybridized carbons (Fsp3) is 0.625. The molecular formula is C16H25N3O. The lowest BCUT2D eigenvalue weighted by Crippen LogP contribution is -2.36. The van der Waals surface area contributed by atoms with Crippen molar-refractivity contribution >= 4 is 11.6 Å². The Bertz CT molecular complexity index is 453. The third-order valence-corrected chi connectivity index (χ3v) is 3.79. The zero-order valence-corrected chi connectivity index (χ0v) is 12.5. The van der Waals surface area contributed by atoms with Crippen LogP contribution >= 0.6 is 0 Å². The number of amides is 1. The standard InChI is InChI=1S/C16H25N3O/c1-3-9-17-15-10-12(2)18-11-14(15)16(20)19-13-7-5-4-6-8-13/h10-11,13H,3-9H2,1-2H3,(H,17,18)(H,19,20). The number of nitrogens with zero attached hydrogens (tertiary/aromatic N) is 1. The quantitative estimate of drug-likeness (QED) is 0.867. The molecule has 110 valence electrons. The van der Waals surface area contributed by atoms with Crippen LogP contribution in [0.25, 0.3) is 0 Å². The molecule has 1 aromatic rings. The molecular weight excluding hydrogens is 250 g/mol. The second-order valence-electron chi connectivity index (χ2n) is 5.61. The highest BCUT2D eigenvalue weighted by Crippen LogP contribution is 2.20. The van der Waals surface area contributed by atoms with Gasteiger partial charge in [0.15, 0.2) is 0 Å². The Morgan fingerprint density at radius 1 is 1.35 bits per heavy atom. The first-order chi connectivity index (χ1) is 9.70. The zero-order chi connectivity index (χ0) is 14.4. The average Bonchev–Trinajstić information content (AvgIpc) is 2.46. The summed E-state index contributed by atoms with van der Waals surface area (Å²) in [6, 6.07) is 2.28. The molecule has 4 nitrogen and oxygen atoms in total. The summed E-state index contributed by atoms with van der Waals surface area (Å²) in [4.78, 5) is 16.7. The first kappa shape index (κ1) is 14.8.